The fourth-order valence-corrected chi connectivity index (χ4v) is 2.65. The second kappa shape index (κ2) is 9.94. The highest BCUT2D eigenvalue weighted by Crippen LogP contribution is 2.27. The molecular weight excluding hydrogens is 370 g/mol. The van der Waals surface area contributed by atoms with Gasteiger partial charge in [-0.1, -0.05) is 48.5 Å². The molecule has 3 aromatic carbocycles. The molecule has 0 aliphatic carbocycles. The van der Waals surface area contributed by atoms with E-state index < -0.39 is 18.5 Å². The van der Waals surface area contributed by atoms with Crippen LogP contribution in [-0.2, 0) is 14.3 Å². The summed E-state index contributed by atoms with van der Waals surface area (Å²) in [6, 6.07) is 24.0. The molecule has 3 rings (SSSR count). The second-order valence-electron chi connectivity index (χ2n) is 6.08. The van der Waals surface area contributed by atoms with Crippen molar-refractivity contribution in [3.8, 4) is 22.6 Å². The molecule has 0 fully saturated rings. The zero-order valence-corrected chi connectivity index (χ0v) is 16.0. The maximum absolute atomic E-state index is 12.2. The highest BCUT2D eigenvalue weighted by atomic mass is 16.6. The number of carbonyl (C=O) groups is 2. The largest absolute Gasteiger partial charge is 0.497 e. The molecule has 0 aliphatic heterocycles. The molecule has 6 heteroatoms. The maximum atomic E-state index is 12.2. The molecule has 6 nitrogen and oxygen atoms in total. The zero-order valence-electron chi connectivity index (χ0n) is 16.0. The quantitative estimate of drug-likeness (QED) is 0.589. The van der Waals surface area contributed by atoms with Crippen molar-refractivity contribution in [3.05, 3.63) is 78.9 Å². The summed E-state index contributed by atoms with van der Waals surface area (Å²) in [5.41, 5.74) is 2.51. The number of anilines is 1. The van der Waals surface area contributed by atoms with E-state index in [0.29, 0.717) is 17.2 Å². The van der Waals surface area contributed by atoms with E-state index in [2.05, 4.69) is 5.32 Å². The van der Waals surface area contributed by atoms with Crippen LogP contribution < -0.4 is 14.8 Å². The number of esters is 1. The van der Waals surface area contributed by atoms with Crippen molar-refractivity contribution in [2.75, 3.05) is 25.6 Å². The molecule has 0 aromatic heterocycles. The summed E-state index contributed by atoms with van der Waals surface area (Å²) in [4.78, 5) is 24.0. The molecular formula is C23H21NO5. The number of nitrogens with one attached hydrogen (secondary N) is 1. The van der Waals surface area contributed by atoms with E-state index in [1.807, 2.05) is 48.5 Å². The van der Waals surface area contributed by atoms with Gasteiger partial charge < -0.3 is 19.5 Å². The van der Waals surface area contributed by atoms with Crippen LogP contribution in [0.15, 0.2) is 78.9 Å². The summed E-state index contributed by atoms with van der Waals surface area (Å²) < 4.78 is 15.4. The van der Waals surface area contributed by atoms with E-state index in [9.17, 15) is 9.59 Å². The Morgan fingerprint density at radius 3 is 2.17 bits per heavy atom. The minimum Gasteiger partial charge on any atom is -0.497 e. The summed E-state index contributed by atoms with van der Waals surface area (Å²) in [5, 5.41) is 2.78. The Morgan fingerprint density at radius 1 is 0.793 bits per heavy atom. The van der Waals surface area contributed by atoms with Crippen molar-refractivity contribution in [1.82, 2.24) is 0 Å². The molecule has 0 unspecified atom stereocenters. The van der Waals surface area contributed by atoms with Gasteiger partial charge in [0, 0.05) is 11.3 Å². The molecule has 1 amide bonds. The van der Waals surface area contributed by atoms with Gasteiger partial charge in [-0.05, 0) is 35.9 Å². The highest BCUT2D eigenvalue weighted by molar-refractivity contribution is 5.96. The van der Waals surface area contributed by atoms with Crippen LogP contribution in [0.25, 0.3) is 11.1 Å². The number of carbonyl (C=O) groups excluding carboxylic acids is 2. The van der Waals surface area contributed by atoms with Crippen LogP contribution in [0.3, 0.4) is 0 Å². The fourth-order valence-electron chi connectivity index (χ4n) is 2.65. The predicted molar refractivity (Wildman–Crippen MR) is 110 cm³/mol. The summed E-state index contributed by atoms with van der Waals surface area (Å²) >= 11 is 0. The van der Waals surface area contributed by atoms with Gasteiger partial charge in [-0.3, -0.25) is 4.79 Å². The van der Waals surface area contributed by atoms with Gasteiger partial charge in [0.2, 0.25) is 0 Å². The van der Waals surface area contributed by atoms with Crippen molar-refractivity contribution in [2.45, 2.75) is 0 Å². The molecule has 0 spiro atoms. The van der Waals surface area contributed by atoms with Crippen LogP contribution >= 0.6 is 0 Å². The van der Waals surface area contributed by atoms with E-state index >= 15 is 0 Å². The molecule has 0 bridgehead atoms. The van der Waals surface area contributed by atoms with Gasteiger partial charge in [0.05, 0.1) is 7.11 Å². The van der Waals surface area contributed by atoms with Gasteiger partial charge in [0.25, 0.3) is 5.91 Å². The number of benzene rings is 3. The van der Waals surface area contributed by atoms with Crippen molar-refractivity contribution in [1.29, 1.82) is 0 Å². The summed E-state index contributed by atoms with van der Waals surface area (Å²) in [6.07, 6.45) is 0. The summed E-state index contributed by atoms with van der Waals surface area (Å²) in [6.45, 7) is -0.686. The first-order chi connectivity index (χ1) is 14.2. The Hall–Kier alpha value is -3.80. The standard InChI is InChI=1S/C23H21NO5/c1-27-18-11-13-19(14-12-18)28-16-23(26)29-15-22(25)24-21-10-6-5-9-20(21)17-7-3-2-4-8-17/h2-14H,15-16H2,1H3,(H,24,25). The lowest BCUT2D eigenvalue weighted by Gasteiger charge is -2.12. The number of amides is 1. The van der Waals surface area contributed by atoms with Crippen molar-refractivity contribution in [3.63, 3.8) is 0 Å². The summed E-state index contributed by atoms with van der Waals surface area (Å²) in [5.74, 6) is 0.134. The minimum absolute atomic E-state index is 0.291. The SMILES string of the molecule is COc1ccc(OCC(=O)OCC(=O)Nc2ccccc2-c2ccccc2)cc1. The third kappa shape index (κ3) is 5.84. The van der Waals surface area contributed by atoms with Gasteiger partial charge in [-0.25, -0.2) is 4.79 Å². The molecule has 0 heterocycles. The van der Waals surface area contributed by atoms with Crippen LogP contribution in [0.2, 0.25) is 0 Å². The Bertz CT molecular complexity index is 955. The molecule has 148 valence electrons. The first-order valence-corrected chi connectivity index (χ1v) is 9.02. The number of para-hydroxylation sites is 1. The Morgan fingerprint density at radius 2 is 1.45 bits per heavy atom. The molecule has 0 saturated carbocycles. The van der Waals surface area contributed by atoms with E-state index in [1.54, 1.807) is 37.4 Å². The third-order valence-electron chi connectivity index (χ3n) is 4.07. The van der Waals surface area contributed by atoms with Crippen LogP contribution in [0.1, 0.15) is 0 Å². The number of hydrogen-bond donors (Lipinski definition) is 1. The molecule has 0 aliphatic rings. The van der Waals surface area contributed by atoms with E-state index in [0.717, 1.165) is 11.1 Å². The lowest BCUT2D eigenvalue weighted by molar-refractivity contribution is -0.149. The summed E-state index contributed by atoms with van der Waals surface area (Å²) in [7, 11) is 1.57. The topological polar surface area (TPSA) is 73.9 Å². The number of hydrogen-bond acceptors (Lipinski definition) is 5. The van der Waals surface area contributed by atoms with Gasteiger partial charge in [0.1, 0.15) is 11.5 Å². The molecule has 3 aromatic rings. The molecule has 0 saturated heterocycles. The van der Waals surface area contributed by atoms with Crippen LogP contribution in [0.5, 0.6) is 11.5 Å². The van der Waals surface area contributed by atoms with Crippen LogP contribution in [-0.4, -0.2) is 32.2 Å². The third-order valence-corrected chi connectivity index (χ3v) is 4.07. The number of ether oxygens (including phenoxy) is 3. The van der Waals surface area contributed by atoms with E-state index in [4.69, 9.17) is 14.2 Å². The predicted octanol–water partition coefficient (Wildman–Crippen LogP) is 3.92. The van der Waals surface area contributed by atoms with Gasteiger partial charge in [-0.15, -0.1) is 0 Å². The first-order valence-electron chi connectivity index (χ1n) is 9.02. The normalized spacial score (nSPS) is 10.1. The second-order valence-corrected chi connectivity index (χ2v) is 6.08. The van der Waals surface area contributed by atoms with Gasteiger partial charge in [0.15, 0.2) is 13.2 Å². The van der Waals surface area contributed by atoms with Crippen molar-refractivity contribution < 1.29 is 23.8 Å². The van der Waals surface area contributed by atoms with Crippen molar-refractivity contribution >= 4 is 17.6 Å². The van der Waals surface area contributed by atoms with Crippen LogP contribution in [0.4, 0.5) is 5.69 Å². The van der Waals surface area contributed by atoms with E-state index in [-0.39, 0.29) is 6.61 Å². The van der Waals surface area contributed by atoms with Gasteiger partial charge >= 0.3 is 5.97 Å². The smallest absolute Gasteiger partial charge is 0.344 e. The fraction of sp³-hybridized carbons (Fsp3) is 0.130. The molecule has 0 atom stereocenters. The molecule has 1 N–H and O–H groups in total. The lowest BCUT2D eigenvalue weighted by atomic mass is 10.0. The first kappa shape index (κ1) is 19.9. The Labute approximate surface area is 169 Å². The maximum Gasteiger partial charge on any atom is 0.344 e. The Balaban J connectivity index is 1.49. The van der Waals surface area contributed by atoms with Crippen LogP contribution in [0, 0.1) is 0 Å². The Kier molecular flexibility index (Phi) is 6.84. The van der Waals surface area contributed by atoms with E-state index in [1.165, 1.54) is 0 Å². The minimum atomic E-state index is -0.632. The lowest BCUT2D eigenvalue weighted by Crippen LogP contribution is -2.23. The molecule has 0 radical (unpaired) electrons. The monoisotopic (exact) mass is 391 g/mol. The van der Waals surface area contributed by atoms with Gasteiger partial charge in [-0.2, -0.15) is 0 Å². The average molecular weight is 391 g/mol. The average Bonchev–Trinajstić information content (AvgIpc) is 2.77. The zero-order chi connectivity index (χ0) is 20.5. The highest BCUT2D eigenvalue weighted by Gasteiger charge is 2.11. The number of methoxy groups -OCH3 is 1. The molecule has 29 heavy (non-hydrogen) atoms. The number of rotatable bonds is 8. The van der Waals surface area contributed by atoms with Crippen molar-refractivity contribution in [2.24, 2.45) is 0 Å².